The van der Waals surface area contributed by atoms with Gasteiger partial charge in [0.2, 0.25) is 0 Å². The van der Waals surface area contributed by atoms with Gasteiger partial charge in [-0.15, -0.1) is 0 Å². The molecule has 1 rings (SSSR count). The van der Waals surface area contributed by atoms with Crippen molar-refractivity contribution in [1.82, 2.24) is 4.13 Å². The Morgan fingerprint density at radius 1 is 1.05 bits per heavy atom. The molecule has 108 valence electrons. The van der Waals surface area contributed by atoms with Crippen LogP contribution in [0.3, 0.4) is 0 Å². The van der Waals surface area contributed by atoms with Gasteiger partial charge in [-0.1, -0.05) is 28.9 Å². The summed E-state index contributed by atoms with van der Waals surface area (Å²) in [7, 11) is -10.8. The van der Waals surface area contributed by atoms with E-state index in [1.807, 2.05) is 0 Å². The van der Waals surface area contributed by atoms with Crippen LogP contribution in [0.1, 0.15) is 5.56 Å². The zero-order valence-corrected chi connectivity index (χ0v) is 10.8. The van der Waals surface area contributed by atoms with Crippen molar-refractivity contribution in [2.24, 2.45) is 0 Å². The summed E-state index contributed by atoms with van der Waals surface area (Å²) in [5, 5.41) is 0. The molecule has 0 aliphatic carbocycles. The Hall–Kier alpha value is 0.246. The number of benzene rings is 1. The summed E-state index contributed by atoms with van der Waals surface area (Å²) in [5.74, 6) is 0. The van der Waals surface area contributed by atoms with E-state index in [9.17, 15) is 30.0 Å². The molecule has 0 atom stereocenters. The molecule has 0 aromatic heterocycles. The van der Waals surface area contributed by atoms with Crippen molar-refractivity contribution in [3.63, 3.8) is 0 Å². The van der Waals surface area contributed by atoms with Crippen molar-refractivity contribution in [3.8, 4) is 0 Å². The van der Waals surface area contributed by atoms with Gasteiger partial charge in [0.1, 0.15) is 0 Å². The first kappa shape index (κ1) is 20.2. The van der Waals surface area contributed by atoms with Gasteiger partial charge in [-0.25, -0.2) is 16.8 Å². The van der Waals surface area contributed by atoms with E-state index < -0.39 is 30.5 Å². The minimum absolute atomic E-state index is 0. The van der Waals surface area contributed by atoms with E-state index in [0.717, 1.165) is 12.1 Å². The molecular weight excluding hydrogens is 346 g/mol. The summed E-state index contributed by atoms with van der Waals surface area (Å²) in [6.07, 6.45) is 1.39. The molecule has 0 fully saturated rings. The third-order valence-electron chi connectivity index (χ3n) is 1.95. The van der Waals surface area contributed by atoms with Gasteiger partial charge < -0.3 is 0 Å². The first-order chi connectivity index (χ1) is 8.49. The molecule has 0 saturated carbocycles. The van der Waals surface area contributed by atoms with Gasteiger partial charge >= 0.3 is 66.9 Å². The van der Waals surface area contributed by atoms with Crippen LogP contribution in [0.25, 0.3) is 6.08 Å². The molecule has 1 aromatic carbocycles. The molecule has 20 heavy (non-hydrogen) atoms. The Balaban J connectivity index is 0.00000361. The predicted octanol–water partition coefficient (Wildman–Crippen LogP) is 0.809. The number of alkyl halides is 3. The zero-order valence-electron chi connectivity index (χ0n) is 9.18. The van der Waals surface area contributed by atoms with Gasteiger partial charge in [0, 0.05) is 0 Å². The van der Waals surface area contributed by atoms with Gasteiger partial charge in [0.05, 0.1) is 4.90 Å². The number of sulfonamides is 2. The van der Waals surface area contributed by atoms with Gasteiger partial charge in [-0.05, 0) is 17.7 Å². The van der Waals surface area contributed by atoms with E-state index in [4.69, 9.17) is 0 Å². The molecule has 0 spiro atoms. The molecular formula is C9H9F3KNO4S2. The normalized spacial score (nSPS) is 12.6. The Kier molecular flexibility index (Phi) is 7.09. The summed E-state index contributed by atoms with van der Waals surface area (Å²) >= 11 is 0. The van der Waals surface area contributed by atoms with Crippen molar-refractivity contribution >= 4 is 77.5 Å². The fourth-order valence-corrected chi connectivity index (χ4v) is 3.44. The molecule has 0 radical (unpaired) electrons. The number of nitrogens with one attached hydrogen (secondary N) is 1. The van der Waals surface area contributed by atoms with Gasteiger partial charge in [-0.3, -0.25) is 0 Å². The molecule has 1 N–H and O–H groups in total. The molecule has 0 aliphatic heterocycles. The first-order valence-corrected chi connectivity index (χ1v) is 7.53. The van der Waals surface area contributed by atoms with E-state index in [2.05, 4.69) is 6.58 Å². The Morgan fingerprint density at radius 3 is 1.85 bits per heavy atom. The molecule has 0 aliphatic rings. The van der Waals surface area contributed by atoms with Crippen LogP contribution in [0.2, 0.25) is 0 Å². The van der Waals surface area contributed by atoms with E-state index >= 15 is 0 Å². The van der Waals surface area contributed by atoms with Crippen molar-refractivity contribution in [3.05, 3.63) is 36.4 Å². The van der Waals surface area contributed by atoms with Crippen molar-refractivity contribution in [2.45, 2.75) is 10.4 Å². The number of rotatable bonds is 4. The molecule has 11 heteroatoms. The summed E-state index contributed by atoms with van der Waals surface area (Å²) in [6.45, 7) is 3.40. The van der Waals surface area contributed by atoms with Crippen LogP contribution in [-0.2, 0) is 20.0 Å². The van der Waals surface area contributed by atoms with Crippen molar-refractivity contribution in [2.75, 3.05) is 0 Å². The van der Waals surface area contributed by atoms with E-state index in [1.165, 1.54) is 18.2 Å². The first-order valence-electron chi connectivity index (χ1n) is 4.57. The van der Waals surface area contributed by atoms with E-state index in [-0.39, 0.29) is 51.4 Å². The van der Waals surface area contributed by atoms with E-state index in [1.54, 1.807) is 0 Å². The molecule has 1 aromatic rings. The third-order valence-corrected chi connectivity index (χ3v) is 5.21. The summed E-state index contributed by atoms with van der Waals surface area (Å²) in [6, 6.07) is 4.46. The predicted molar refractivity (Wildman–Crippen MR) is 69.0 cm³/mol. The second-order valence-corrected chi connectivity index (χ2v) is 6.92. The zero-order chi connectivity index (χ0) is 14.9. The minimum atomic E-state index is -5.98. The van der Waals surface area contributed by atoms with Gasteiger partial charge in [-0.2, -0.15) is 13.2 Å². The SMILES string of the molecule is C=Cc1ccc(S(=O)(=O)NS(=O)(=O)C(F)(F)F)cc1.[KH]. The molecule has 0 saturated heterocycles. The van der Waals surface area contributed by atoms with Gasteiger partial charge in [0.25, 0.3) is 10.0 Å². The Labute approximate surface area is 156 Å². The van der Waals surface area contributed by atoms with Crippen molar-refractivity contribution < 1.29 is 30.0 Å². The van der Waals surface area contributed by atoms with Crippen LogP contribution in [0.5, 0.6) is 0 Å². The molecule has 0 bridgehead atoms. The number of hydrogen-bond acceptors (Lipinski definition) is 4. The second kappa shape index (κ2) is 7.00. The molecule has 0 amide bonds. The summed E-state index contributed by atoms with van der Waals surface area (Å²) in [4.78, 5) is -0.606. The third kappa shape index (κ3) is 4.91. The van der Waals surface area contributed by atoms with Crippen LogP contribution in [0.4, 0.5) is 13.2 Å². The van der Waals surface area contributed by atoms with Gasteiger partial charge in [0.15, 0.2) is 0 Å². The van der Waals surface area contributed by atoms with Crippen LogP contribution >= 0.6 is 0 Å². The Morgan fingerprint density at radius 2 is 1.50 bits per heavy atom. The summed E-state index contributed by atoms with van der Waals surface area (Å²) in [5.41, 5.74) is -5.18. The van der Waals surface area contributed by atoms with E-state index in [0.29, 0.717) is 9.69 Å². The van der Waals surface area contributed by atoms with Crippen LogP contribution < -0.4 is 4.13 Å². The fourth-order valence-electron chi connectivity index (χ4n) is 1.02. The molecule has 0 unspecified atom stereocenters. The van der Waals surface area contributed by atoms with Crippen LogP contribution in [-0.4, -0.2) is 73.7 Å². The maximum atomic E-state index is 12.1. The monoisotopic (exact) mass is 355 g/mol. The maximum absolute atomic E-state index is 12.1. The molecule has 5 nitrogen and oxygen atoms in total. The molecule has 0 heterocycles. The standard InChI is InChI=1S/C9H8F3NO4S2.K.H/c1-2-7-3-5-8(6-4-7)18(14,15)13-19(16,17)9(10,11)12;;/h2-6,13H,1H2;;. The average Bonchev–Trinajstić information content (AvgIpc) is 2.26. The van der Waals surface area contributed by atoms with Crippen LogP contribution in [0, 0.1) is 0 Å². The summed E-state index contributed by atoms with van der Waals surface area (Å²) < 4.78 is 81.3. The topological polar surface area (TPSA) is 80.3 Å². The quantitative estimate of drug-likeness (QED) is 0.811. The fraction of sp³-hybridized carbons (Fsp3) is 0.111. The van der Waals surface area contributed by atoms with Crippen LogP contribution in [0.15, 0.2) is 35.7 Å². The average molecular weight is 355 g/mol. The number of halogens is 3. The second-order valence-electron chi connectivity index (χ2n) is 3.31. The number of hydrogen-bond donors (Lipinski definition) is 1. The van der Waals surface area contributed by atoms with Crippen molar-refractivity contribution in [1.29, 1.82) is 0 Å². The Bertz CT molecular complexity index is 681.